The number of hydrogen-bond donors (Lipinski definition) is 1. The standard InChI is InChI=1S/C9H8FN3O/c1-11-9-13-12-8(14-9)6-3-2-4-7(10)5-6/h2-5H,1H3,(H,11,13). The van der Waals surface area contributed by atoms with Crippen molar-refractivity contribution in [1.82, 2.24) is 10.2 Å². The van der Waals surface area contributed by atoms with Gasteiger partial charge in [-0.25, -0.2) is 4.39 Å². The molecule has 14 heavy (non-hydrogen) atoms. The van der Waals surface area contributed by atoms with Crippen molar-refractivity contribution in [3.05, 3.63) is 30.1 Å². The molecule has 0 saturated heterocycles. The Kier molecular flexibility index (Phi) is 2.14. The van der Waals surface area contributed by atoms with E-state index in [1.807, 2.05) is 0 Å². The molecule has 1 aromatic carbocycles. The Morgan fingerprint density at radius 1 is 1.36 bits per heavy atom. The van der Waals surface area contributed by atoms with Gasteiger partial charge in [0.25, 0.3) is 0 Å². The summed E-state index contributed by atoms with van der Waals surface area (Å²) >= 11 is 0. The normalized spacial score (nSPS) is 10.1. The molecule has 0 aliphatic heterocycles. The van der Waals surface area contributed by atoms with Crippen LogP contribution in [0, 0.1) is 5.82 Å². The van der Waals surface area contributed by atoms with E-state index in [0.29, 0.717) is 17.5 Å². The van der Waals surface area contributed by atoms with Crippen molar-refractivity contribution in [2.24, 2.45) is 0 Å². The number of nitrogens with one attached hydrogen (secondary N) is 1. The van der Waals surface area contributed by atoms with Crippen LogP contribution in [0.25, 0.3) is 11.5 Å². The van der Waals surface area contributed by atoms with E-state index in [4.69, 9.17) is 4.42 Å². The first-order chi connectivity index (χ1) is 6.79. The fraction of sp³-hybridized carbons (Fsp3) is 0.111. The molecule has 0 saturated carbocycles. The van der Waals surface area contributed by atoms with Crippen LogP contribution in [0.15, 0.2) is 28.7 Å². The van der Waals surface area contributed by atoms with Crippen LogP contribution in [0.5, 0.6) is 0 Å². The Bertz CT molecular complexity index is 441. The van der Waals surface area contributed by atoms with E-state index in [9.17, 15) is 4.39 Å². The molecule has 0 aliphatic carbocycles. The smallest absolute Gasteiger partial charge is 0.315 e. The van der Waals surface area contributed by atoms with Gasteiger partial charge in [0, 0.05) is 12.6 Å². The zero-order chi connectivity index (χ0) is 9.97. The Labute approximate surface area is 79.8 Å². The van der Waals surface area contributed by atoms with Crippen LogP contribution in [0.3, 0.4) is 0 Å². The van der Waals surface area contributed by atoms with Crippen molar-refractivity contribution >= 4 is 6.01 Å². The highest BCUT2D eigenvalue weighted by Gasteiger charge is 2.07. The molecule has 0 radical (unpaired) electrons. The van der Waals surface area contributed by atoms with Crippen LogP contribution in [-0.2, 0) is 0 Å². The number of rotatable bonds is 2. The maximum Gasteiger partial charge on any atom is 0.315 e. The number of aromatic nitrogens is 2. The Balaban J connectivity index is 2.39. The van der Waals surface area contributed by atoms with E-state index in [2.05, 4.69) is 15.5 Å². The number of hydrogen-bond acceptors (Lipinski definition) is 4. The summed E-state index contributed by atoms with van der Waals surface area (Å²) in [5, 5.41) is 10.1. The molecule has 2 aromatic rings. The van der Waals surface area contributed by atoms with E-state index in [1.54, 1.807) is 19.2 Å². The lowest BCUT2D eigenvalue weighted by Crippen LogP contribution is -1.85. The highest BCUT2D eigenvalue weighted by atomic mass is 19.1. The first-order valence-corrected chi connectivity index (χ1v) is 4.07. The van der Waals surface area contributed by atoms with Crippen LogP contribution in [0.4, 0.5) is 10.4 Å². The zero-order valence-corrected chi connectivity index (χ0v) is 7.49. The van der Waals surface area contributed by atoms with Gasteiger partial charge in [-0.05, 0) is 18.2 Å². The van der Waals surface area contributed by atoms with Gasteiger partial charge in [0.15, 0.2) is 0 Å². The molecular weight excluding hydrogens is 185 g/mol. The van der Waals surface area contributed by atoms with Crippen molar-refractivity contribution in [2.45, 2.75) is 0 Å². The second-order valence-corrected chi connectivity index (χ2v) is 2.67. The lowest BCUT2D eigenvalue weighted by atomic mass is 10.2. The van der Waals surface area contributed by atoms with Gasteiger partial charge in [0.1, 0.15) is 5.82 Å². The maximum absolute atomic E-state index is 12.8. The number of anilines is 1. The average Bonchev–Trinajstić information content (AvgIpc) is 2.66. The zero-order valence-electron chi connectivity index (χ0n) is 7.49. The molecule has 1 aromatic heterocycles. The van der Waals surface area contributed by atoms with Gasteiger partial charge in [-0.15, -0.1) is 5.10 Å². The molecule has 5 heteroatoms. The van der Waals surface area contributed by atoms with Crippen LogP contribution in [0.1, 0.15) is 0 Å². The van der Waals surface area contributed by atoms with Crippen molar-refractivity contribution < 1.29 is 8.81 Å². The minimum Gasteiger partial charge on any atom is -0.403 e. The lowest BCUT2D eigenvalue weighted by Gasteiger charge is -1.93. The minimum atomic E-state index is -0.327. The third kappa shape index (κ3) is 1.56. The fourth-order valence-corrected chi connectivity index (χ4v) is 1.06. The average molecular weight is 193 g/mol. The molecule has 0 amide bonds. The van der Waals surface area contributed by atoms with Gasteiger partial charge in [-0.2, -0.15) is 0 Å². The SMILES string of the molecule is CNc1nnc(-c2cccc(F)c2)o1. The molecule has 0 aliphatic rings. The molecule has 1 N–H and O–H groups in total. The van der Waals surface area contributed by atoms with E-state index >= 15 is 0 Å². The number of halogens is 1. The summed E-state index contributed by atoms with van der Waals surface area (Å²) in [6.45, 7) is 0. The van der Waals surface area contributed by atoms with Crippen molar-refractivity contribution in [1.29, 1.82) is 0 Å². The van der Waals surface area contributed by atoms with Crippen LogP contribution in [0.2, 0.25) is 0 Å². The molecule has 1 heterocycles. The number of nitrogens with zero attached hydrogens (tertiary/aromatic N) is 2. The highest BCUT2D eigenvalue weighted by Crippen LogP contribution is 2.19. The predicted molar refractivity (Wildman–Crippen MR) is 49.2 cm³/mol. The summed E-state index contributed by atoms with van der Waals surface area (Å²) in [7, 11) is 1.67. The van der Waals surface area contributed by atoms with E-state index in [1.165, 1.54) is 12.1 Å². The topological polar surface area (TPSA) is 51.0 Å². The first-order valence-electron chi connectivity index (χ1n) is 4.07. The highest BCUT2D eigenvalue weighted by molar-refractivity contribution is 5.53. The quantitative estimate of drug-likeness (QED) is 0.791. The molecule has 4 nitrogen and oxygen atoms in total. The van der Waals surface area contributed by atoms with Gasteiger partial charge in [0.2, 0.25) is 5.89 Å². The van der Waals surface area contributed by atoms with Crippen LogP contribution in [-0.4, -0.2) is 17.2 Å². The molecular formula is C9H8FN3O. The summed E-state index contributed by atoms with van der Waals surface area (Å²) in [4.78, 5) is 0. The van der Waals surface area contributed by atoms with Gasteiger partial charge in [-0.1, -0.05) is 11.2 Å². The molecule has 2 rings (SSSR count). The number of benzene rings is 1. The Hall–Kier alpha value is -1.91. The Morgan fingerprint density at radius 2 is 2.21 bits per heavy atom. The summed E-state index contributed by atoms with van der Waals surface area (Å²) < 4.78 is 18.0. The van der Waals surface area contributed by atoms with E-state index < -0.39 is 0 Å². The van der Waals surface area contributed by atoms with Gasteiger partial charge in [0.05, 0.1) is 0 Å². The molecule has 0 fully saturated rings. The maximum atomic E-state index is 12.8. The van der Waals surface area contributed by atoms with Gasteiger partial charge in [-0.3, -0.25) is 0 Å². The lowest BCUT2D eigenvalue weighted by molar-refractivity contribution is 0.583. The summed E-state index contributed by atoms with van der Waals surface area (Å²) in [5.41, 5.74) is 0.569. The predicted octanol–water partition coefficient (Wildman–Crippen LogP) is 1.92. The third-order valence-electron chi connectivity index (χ3n) is 1.71. The van der Waals surface area contributed by atoms with Crippen molar-refractivity contribution in [3.8, 4) is 11.5 Å². The van der Waals surface area contributed by atoms with Gasteiger partial charge >= 0.3 is 6.01 Å². The molecule has 0 unspecified atom stereocenters. The first kappa shape index (κ1) is 8.68. The summed E-state index contributed by atoms with van der Waals surface area (Å²) in [5.74, 6) is -0.0273. The van der Waals surface area contributed by atoms with Gasteiger partial charge < -0.3 is 9.73 Å². The van der Waals surface area contributed by atoms with Crippen LogP contribution < -0.4 is 5.32 Å². The molecule has 0 spiro atoms. The third-order valence-corrected chi connectivity index (χ3v) is 1.71. The molecule has 0 bridgehead atoms. The summed E-state index contributed by atoms with van der Waals surface area (Å²) in [6.07, 6.45) is 0. The Morgan fingerprint density at radius 3 is 2.86 bits per heavy atom. The van der Waals surface area contributed by atoms with Crippen molar-refractivity contribution in [2.75, 3.05) is 12.4 Å². The second-order valence-electron chi connectivity index (χ2n) is 2.67. The second kappa shape index (κ2) is 3.45. The summed E-state index contributed by atoms with van der Waals surface area (Å²) in [6, 6.07) is 6.31. The minimum absolute atomic E-state index is 0.300. The van der Waals surface area contributed by atoms with E-state index in [-0.39, 0.29) is 5.82 Å². The molecule has 72 valence electrons. The largest absolute Gasteiger partial charge is 0.403 e. The fourth-order valence-electron chi connectivity index (χ4n) is 1.06. The van der Waals surface area contributed by atoms with E-state index in [0.717, 1.165) is 0 Å². The monoisotopic (exact) mass is 193 g/mol. The molecule has 0 atom stereocenters. The van der Waals surface area contributed by atoms with Crippen LogP contribution >= 0.6 is 0 Å². The van der Waals surface area contributed by atoms with Crippen molar-refractivity contribution in [3.63, 3.8) is 0 Å².